The number of rotatable bonds is 5. The van der Waals surface area contributed by atoms with Crippen LogP contribution in [0.2, 0.25) is 5.02 Å². The number of hydrogen-bond acceptors (Lipinski definition) is 5. The van der Waals surface area contributed by atoms with Gasteiger partial charge in [-0.15, -0.1) is 0 Å². The molecule has 0 bridgehead atoms. The molecule has 0 spiro atoms. The Kier molecular flexibility index (Phi) is 4.79. The first kappa shape index (κ1) is 16.5. The van der Waals surface area contributed by atoms with E-state index in [0.29, 0.717) is 11.9 Å². The average Bonchev–Trinajstić information content (AvgIpc) is 2.68. The lowest BCUT2D eigenvalue weighted by Gasteiger charge is -2.11. The lowest BCUT2D eigenvalue weighted by Crippen LogP contribution is -2.29. The molecule has 2 aromatic rings. The van der Waals surface area contributed by atoms with Gasteiger partial charge in [-0.1, -0.05) is 11.6 Å². The maximum Gasteiger partial charge on any atom is 0.417 e. The number of H-pyrrole nitrogens is 1. The van der Waals surface area contributed by atoms with E-state index in [1.807, 2.05) is 0 Å². The number of nitrogens with one attached hydrogen (secondary N) is 2. The first-order valence-electron chi connectivity index (χ1n) is 5.98. The number of benzene rings is 1. The first-order chi connectivity index (χ1) is 9.72. The molecular weight excluding hydrogens is 386 g/mol. The second kappa shape index (κ2) is 6.09. The lowest BCUT2D eigenvalue weighted by molar-refractivity contribution is 0.552. The zero-order valence-electron chi connectivity index (χ0n) is 10.9. The second-order valence-corrected chi connectivity index (χ2v) is 7.49. The van der Waals surface area contributed by atoms with Gasteiger partial charge in [-0.3, -0.25) is 4.98 Å². The standard InChI is InChI=1S/C11H13BrClN3O4S/c1-5(14)2-3-15-21(18,19)10-6(12)4-7-9(8(10)13)20-11(17)16-7/h4-5,15H,2-3,14H2,1H3,(H,16,17). The number of aromatic amines is 1. The molecule has 1 heterocycles. The molecule has 0 saturated carbocycles. The van der Waals surface area contributed by atoms with Crippen LogP contribution in [0.4, 0.5) is 0 Å². The summed E-state index contributed by atoms with van der Waals surface area (Å²) in [5.74, 6) is -0.710. The summed E-state index contributed by atoms with van der Waals surface area (Å²) < 4.78 is 32.1. The van der Waals surface area contributed by atoms with E-state index >= 15 is 0 Å². The lowest BCUT2D eigenvalue weighted by atomic mass is 10.3. The topological polar surface area (TPSA) is 118 Å². The van der Waals surface area contributed by atoms with Crippen LogP contribution in [0.25, 0.3) is 11.1 Å². The van der Waals surface area contributed by atoms with Crippen molar-refractivity contribution in [2.45, 2.75) is 24.3 Å². The van der Waals surface area contributed by atoms with E-state index < -0.39 is 15.8 Å². The van der Waals surface area contributed by atoms with Crippen LogP contribution in [0.3, 0.4) is 0 Å². The van der Waals surface area contributed by atoms with Crippen LogP contribution in [0.5, 0.6) is 0 Å². The SMILES string of the molecule is CC(N)CCNS(=O)(=O)c1c(Br)cc2[nH]c(=O)oc2c1Cl. The van der Waals surface area contributed by atoms with Gasteiger partial charge in [0, 0.05) is 17.1 Å². The molecule has 2 rings (SSSR count). The molecule has 1 unspecified atom stereocenters. The Hall–Kier alpha value is -0.870. The highest BCUT2D eigenvalue weighted by molar-refractivity contribution is 9.10. The Balaban J connectivity index is 2.47. The predicted molar refractivity (Wildman–Crippen MR) is 83.0 cm³/mol. The highest BCUT2D eigenvalue weighted by atomic mass is 79.9. The molecule has 4 N–H and O–H groups in total. The van der Waals surface area contributed by atoms with Crippen molar-refractivity contribution >= 4 is 48.7 Å². The first-order valence-corrected chi connectivity index (χ1v) is 8.64. The van der Waals surface area contributed by atoms with Gasteiger partial charge >= 0.3 is 5.76 Å². The number of oxazole rings is 1. The third-order valence-electron chi connectivity index (χ3n) is 2.72. The molecule has 0 amide bonds. The van der Waals surface area contributed by atoms with Crippen LogP contribution in [-0.2, 0) is 10.0 Å². The number of nitrogens with two attached hydrogens (primary N) is 1. The fourth-order valence-corrected chi connectivity index (χ4v) is 4.65. The van der Waals surface area contributed by atoms with E-state index in [4.69, 9.17) is 21.8 Å². The molecule has 0 aliphatic carbocycles. The zero-order chi connectivity index (χ0) is 15.8. The molecular formula is C11H13BrClN3O4S. The van der Waals surface area contributed by atoms with Crippen LogP contribution in [0.15, 0.2) is 24.6 Å². The van der Waals surface area contributed by atoms with Crippen LogP contribution in [0.1, 0.15) is 13.3 Å². The summed E-state index contributed by atoms with van der Waals surface area (Å²) in [5.41, 5.74) is 5.88. The minimum absolute atomic E-state index is 0.00238. The Morgan fingerprint density at radius 1 is 1.57 bits per heavy atom. The van der Waals surface area contributed by atoms with Crippen molar-refractivity contribution in [3.63, 3.8) is 0 Å². The van der Waals surface area contributed by atoms with Crippen molar-refractivity contribution < 1.29 is 12.8 Å². The van der Waals surface area contributed by atoms with Crippen LogP contribution in [-0.4, -0.2) is 26.0 Å². The Bertz CT molecular complexity index is 828. The maximum atomic E-state index is 12.3. The monoisotopic (exact) mass is 397 g/mol. The number of halogens is 2. The van der Waals surface area contributed by atoms with Gasteiger partial charge in [-0.2, -0.15) is 0 Å². The summed E-state index contributed by atoms with van der Waals surface area (Å²) in [6, 6.07) is 1.29. The van der Waals surface area contributed by atoms with Crippen LogP contribution in [0, 0.1) is 0 Å². The van der Waals surface area contributed by atoms with Gasteiger partial charge in [-0.25, -0.2) is 17.9 Å². The Labute approximate surface area is 134 Å². The summed E-state index contributed by atoms with van der Waals surface area (Å²) >= 11 is 9.20. The van der Waals surface area contributed by atoms with Crippen molar-refractivity contribution in [3.8, 4) is 0 Å². The van der Waals surface area contributed by atoms with E-state index in [1.54, 1.807) is 6.92 Å². The third kappa shape index (κ3) is 3.49. The molecule has 116 valence electrons. The van der Waals surface area contributed by atoms with Gasteiger partial charge in [0.1, 0.15) is 9.92 Å². The van der Waals surface area contributed by atoms with E-state index in [9.17, 15) is 13.2 Å². The second-order valence-electron chi connectivity index (χ2n) is 4.56. The fraction of sp³-hybridized carbons (Fsp3) is 0.364. The molecule has 7 nitrogen and oxygen atoms in total. The number of hydrogen-bond donors (Lipinski definition) is 3. The van der Waals surface area contributed by atoms with E-state index in [-0.39, 0.29) is 32.6 Å². The molecule has 1 atom stereocenters. The molecule has 0 aliphatic rings. The Morgan fingerprint density at radius 2 is 2.24 bits per heavy atom. The van der Waals surface area contributed by atoms with E-state index in [0.717, 1.165) is 0 Å². The fourth-order valence-electron chi connectivity index (χ4n) is 1.74. The van der Waals surface area contributed by atoms with Crippen LogP contribution >= 0.6 is 27.5 Å². The molecule has 0 aliphatic heterocycles. The number of fused-ring (bicyclic) bond motifs is 1. The Morgan fingerprint density at radius 3 is 2.86 bits per heavy atom. The smallest absolute Gasteiger partial charge is 0.406 e. The molecule has 1 aromatic heterocycles. The summed E-state index contributed by atoms with van der Waals surface area (Å²) in [6.45, 7) is 1.95. The molecule has 21 heavy (non-hydrogen) atoms. The minimum Gasteiger partial charge on any atom is -0.406 e. The molecule has 0 radical (unpaired) electrons. The molecule has 1 aromatic carbocycles. The van der Waals surface area contributed by atoms with Crippen molar-refractivity contribution in [1.82, 2.24) is 9.71 Å². The summed E-state index contributed by atoms with van der Waals surface area (Å²) in [6.07, 6.45) is 0.482. The zero-order valence-corrected chi connectivity index (χ0v) is 14.1. The summed E-state index contributed by atoms with van der Waals surface area (Å²) in [7, 11) is -3.86. The molecule has 0 fully saturated rings. The van der Waals surface area contributed by atoms with Gasteiger partial charge in [0.2, 0.25) is 10.0 Å². The van der Waals surface area contributed by atoms with Crippen molar-refractivity contribution in [3.05, 3.63) is 26.1 Å². The normalized spacial score (nSPS) is 13.7. The molecule has 10 heteroatoms. The highest BCUT2D eigenvalue weighted by Gasteiger charge is 2.25. The highest BCUT2D eigenvalue weighted by Crippen LogP contribution is 2.35. The third-order valence-corrected chi connectivity index (χ3v) is 5.63. The van der Waals surface area contributed by atoms with Gasteiger partial charge < -0.3 is 10.2 Å². The summed E-state index contributed by atoms with van der Waals surface area (Å²) in [4.78, 5) is 13.4. The van der Waals surface area contributed by atoms with Crippen LogP contribution < -0.4 is 16.2 Å². The average molecular weight is 399 g/mol. The van der Waals surface area contributed by atoms with Gasteiger partial charge in [-0.05, 0) is 35.3 Å². The summed E-state index contributed by atoms with van der Waals surface area (Å²) in [5, 5.41) is -0.161. The van der Waals surface area contributed by atoms with E-state index in [1.165, 1.54) is 6.07 Å². The van der Waals surface area contributed by atoms with Gasteiger partial charge in [0.15, 0.2) is 5.58 Å². The van der Waals surface area contributed by atoms with Gasteiger partial charge in [0.05, 0.1) is 5.52 Å². The number of aromatic nitrogens is 1. The number of sulfonamides is 1. The maximum absolute atomic E-state index is 12.3. The van der Waals surface area contributed by atoms with E-state index in [2.05, 4.69) is 25.6 Å². The van der Waals surface area contributed by atoms with Crippen molar-refractivity contribution in [2.75, 3.05) is 6.54 Å². The van der Waals surface area contributed by atoms with Crippen molar-refractivity contribution in [1.29, 1.82) is 0 Å². The van der Waals surface area contributed by atoms with Gasteiger partial charge in [0.25, 0.3) is 0 Å². The van der Waals surface area contributed by atoms with Crippen molar-refractivity contribution in [2.24, 2.45) is 5.73 Å². The quantitative estimate of drug-likeness (QED) is 0.706. The largest absolute Gasteiger partial charge is 0.417 e. The predicted octanol–water partition coefficient (Wildman–Crippen LogP) is 1.55. The molecule has 0 saturated heterocycles. The minimum atomic E-state index is -3.86.